The highest BCUT2D eigenvalue weighted by atomic mass is 19.1. The summed E-state index contributed by atoms with van der Waals surface area (Å²) in [5, 5.41) is 3.62. The molecule has 0 bridgehead atoms. The molecule has 3 nitrogen and oxygen atoms in total. The summed E-state index contributed by atoms with van der Waals surface area (Å²) in [5.74, 6) is 0.0198. The van der Waals surface area contributed by atoms with Gasteiger partial charge in [-0.15, -0.1) is 0 Å². The molecule has 0 aromatic heterocycles. The average Bonchev–Trinajstić information content (AvgIpc) is 3.19. The Labute approximate surface area is 120 Å². The molecule has 0 amide bonds. The van der Waals surface area contributed by atoms with Crippen LogP contribution in [0, 0.1) is 5.82 Å². The molecule has 1 heterocycles. The monoisotopic (exact) mass is 278 g/mol. The van der Waals surface area contributed by atoms with Crippen LogP contribution in [-0.2, 0) is 0 Å². The third-order valence-electron chi connectivity index (χ3n) is 4.44. The topological polar surface area (TPSA) is 24.5 Å². The van der Waals surface area contributed by atoms with Crippen LogP contribution in [0.25, 0.3) is 0 Å². The third-order valence-corrected chi connectivity index (χ3v) is 4.44. The molecule has 1 saturated carbocycles. The Morgan fingerprint density at radius 3 is 2.80 bits per heavy atom. The molecule has 1 saturated heterocycles. The summed E-state index contributed by atoms with van der Waals surface area (Å²) in [6, 6.07) is 6.75. The fourth-order valence-corrected chi connectivity index (χ4v) is 3.10. The fraction of sp³-hybridized carbons (Fsp3) is 0.625. The van der Waals surface area contributed by atoms with Gasteiger partial charge < -0.3 is 10.1 Å². The van der Waals surface area contributed by atoms with E-state index in [4.69, 9.17) is 4.74 Å². The molecule has 4 heteroatoms. The van der Waals surface area contributed by atoms with Gasteiger partial charge in [0.1, 0.15) is 0 Å². The molecule has 2 fully saturated rings. The summed E-state index contributed by atoms with van der Waals surface area (Å²) in [5.41, 5.74) is 0.980. The fourth-order valence-electron chi connectivity index (χ4n) is 3.10. The lowest BCUT2D eigenvalue weighted by Crippen LogP contribution is -2.35. The number of ether oxygens (including phenoxy) is 1. The van der Waals surface area contributed by atoms with Crippen LogP contribution in [-0.4, -0.2) is 37.2 Å². The van der Waals surface area contributed by atoms with Gasteiger partial charge in [-0.2, -0.15) is 0 Å². The Bertz CT molecular complexity index is 476. The molecule has 1 aromatic carbocycles. The van der Waals surface area contributed by atoms with Crippen molar-refractivity contribution in [3.05, 3.63) is 29.6 Å². The number of halogens is 1. The van der Waals surface area contributed by atoms with E-state index in [1.807, 2.05) is 6.07 Å². The molecule has 110 valence electrons. The lowest BCUT2D eigenvalue weighted by molar-refractivity contribution is 0.313. The maximum Gasteiger partial charge on any atom is 0.165 e. The number of rotatable bonds is 5. The summed E-state index contributed by atoms with van der Waals surface area (Å²) in [7, 11) is 1.49. The molecular weight excluding hydrogens is 255 g/mol. The lowest BCUT2D eigenvalue weighted by atomic mass is 10.1. The van der Waals surface area contributed by atoms with Crippen molar-refractivity contribution in [1.29, 1.82) is 0 Å². The molecular formula is C16H23FN2O. The number of nitrogens with zero attached hydrogens (tertiary/aromatic N) is 1. The number of benzene rings is 1. The first-order valence-electron chi connectivity index (χ1n) is 7.51. The van der Waals surface area contributed by atoms with E-state index in [-0.39, 0.29) is 11.9 Å². The van der Waals surface area contributed by atoms with Crippen molar-refractivity contribution in [1.82, 2.24) is 10.2 Å². The standard InChI is InChI=1S/C16H23FN2O/c1-11(12-3-6-16(20-2)15(17)9-12)18-13-7-8-19(10-13)14-4-5-14/h3,6,9,11,13-14,18H,4-5,7-8,10H2,1-2H3. The number of likely N-dealkylation sites (tertiary alicyclic amines) is 1. The largest absolute Gasteiger partial charge is 0.494 e. The zero-order chi connectivity index (χ0) is 14.1. The zero-order valence-electron chi connectivity index (χ0n) is 12.2. The van der Waals surface area contributed by atoms with Gasteiger partial charge in [-0.1, -0.05) is 6.07 Å². The maximum absolute atomic E-state index is 13.7. The number of nitrogens with one attached hydrogen (secondary N) is 1. The number of methoxy groups -OCH3 is 1. The van der Waals surface area contributed by atoms with E-state index in [0.717, 1.165) is 18.2 Å². The Morgan fingerprint density at radius 2 is 2.15 bits per heavy atom. The Morgan fingerprint density at radius 1 is 1.35 bits per heavy atom. The van der Waals surface area contributed by atoms with E-state index in [1.165, 1.54) is 32.9 Å². The van der Waals surface area contributed by atoms with Crippen molar-refractivity contribution < 1.29 is 9.13 Å². The second kappa shape index (κ2) is 5.70. The van der Waals surface area contributed by atoms with Crippen LogP contribution >= 0.6 is 0 Å². The minimum absolute atomic E-state index is 0.166. The van der Waals surface area contributed by atoms with E-state index >= 15 is 0 Å². The van der Waals surface area contributed by atoms with Gasteiger partial charge in [0.15, 0.2) is 11.6 Å². The molecule has 1 N–H and O–H groups in total. The van der Waals surface area contributed by atoms with Gasteiger partial charge in [0, 0.05) is 31.2 Å². The predicted octanol–water partition coefficient (Wildman–Crippen LogP) is 2.72. The van der Waals surface area contributed by atoms with Crippen LogP contribution in [0.1, 0.15) is 37.8 Å². The Kier molecular flexibility index (Phi) is 3.94. The third kappa shape index (κ3) is 2.96. The lowest BCUT2D eigenvalue weighted by Gasteiger charge is -2.21. The van der Waals surface area contributed by atoms with E-state index in [1.54, 1.807) is 12.1 Å². The molecule has 3 rings (SSSR count). The van der Waals surface area contributed by atoms with Gasteiger partial charge >= 0.3 is 0 Å². The molecule has 2 atom stereocenters. The SMILES string of the molecule is COc1ccc(C(C)NC2CCN(C3CC3)C2)cc1F. The molecule has 2 unspecified atom stereocenters. The van der Waals surface area contributed by atoms with Crippen LogP contribution in [0.2, 0.25) is 0 Å². The summed E-state index contributed by atoms with van der Waals surface area (Å²) < 4.78 is 18.7. The van der Waals surface area contributed by atoms with Gasteiger partial charge in [0.2, 0.25) is 0 Å². The quantitative estimate of drug-likeness (QED) is 0.896. The highest BCUT2D eigenvalue weighted by Gasteiger charge is 2.34. The van der Waals surface area contributed by atoms with E-state index in [9.17, 15) is 4.39 Å². The zero-order valence-corrected chi connectivity index (χ0v) is 12.2. The molecule has 2 aliphatic rings. The van der Waals surface area contributed by atoms with Crippen molar-refractivity contribution in [3.8, 4) is 5.75 Å². The number of hydrogen-bond acceptors (Lipinski definition) is 3. The summed E-state index contributed by atoms with van der Waals surface area (Å²) in [6.07, 6.45) is 3.93. The van der Waals surface area contributed by atoms with Crippen molar-refractivity contribution in [2.75, 3.05) is 20.2 Å². The molecule has 1 aromatic rings. The van der Waals surface area contributed by atoms with Gasteiger partial charge in [-0.05, 0) is 43.9 Å². The smallest absolute Gasteiger partial charge is 0.165 e. The summed E-state index contributed by atoms with van der Waals surface area (Å²) >= 11 is 0. The second-order valence-corrected chi connectivity index (χ2v) is 5.99. The first kappa shape index (κ1) is 13.8. The van der Waals surface area contributed by atoms with Crippen molar-refractivity contribution >= 4 is 0 Å². The Balaban J connectivity index is 1.58. The maximum atomic E-state index is 13.7. The highest BCUT2D eigenvalue weighted by molar-refractivity contribution is 5.30. The van der Waals surface area contributed by atoms with Gasteiger partial charge in [-0.25, -0.2) is 4.39 Å². The first-order chi connectivity index (χ1) is 9.67. The molecule has 20 heavy (non-hydrogen) atoms. The van der Waals surface area contributed by atoms with E-state index < -0.39 is 0 Å². The van der Waals surface area contributed by atoms with Crippen LogP contribution in [0.3, 0.4) is 0 Å². The van der Waals surface area contributed by atoms with E-state index in [2.05, 4.69) is 17.1 Å². The van der Waals surface area contributed by atoms with Gasteiger partial charge in [0.05, 0.1) is 7.11 Å². The second-order valence-electron chi connectivity index (χ2n) is 5.99. The predicted molar refractivity (Wildman–Crippen MR) is 77.5 cm³/mol. The Hall–Kier alpha value is -1.13. The number of hydrogen-bond donors (Lipinski definition) is 1. The molecule has 0 spiro atoms. The van der Waals surface area contributed by atoms with Gasteiger partial charge in [0.25, 0.3) is 0 Å². The van der Waals surface area contributed by atoms with Crippen LogP contribution in [0.15, 0.2) is 18.2 Å². The average molecular weight is 278 g/mol. The van der Waals surface area contributed by atoms with E-state index in [0.29, 0.717) is 11.8 Å². The molecule has 0 radical (unpaired) electrons. The molecule has 1 aliphatic heterocycles. The minimum Gasteiger partial charge on any atom is -0.494 e. The van der Waals surface area contributed by atoms with Crippen molar-refractivity contribution in [2.45, 2.75) is 44.3 Å². The summed E-state index contributed by atoms with van der Waals surface area (Å²) in [4.78, 5) is 2.58. The minimum atomic E-state index is -0.287. The highest BCUT2D eigenvalue weighted by Crippen LogP contribution is 2.30. The first-order valence-corrected chi connectivity index (χ1v) is 7.51. The van der Waals surface area contributed by atoms with Crippen LogP contribution in [0.5, 0.6) is 5.75 Å². The van der Waals surface area contributed by atoms with Crippen molar-refractivity contribution in [2.24, 2.45) is 0 Å². The van der Waals surface area contributed by atoms with Crippen molar-refractivity contribution in [3.63, 3.8) is 0 Å². The normalized spacial score (nSPS) is 24.9. The summed E-state index contributed by atoms with van der Waals surface area (Å²) in [6.45, 7) is 4.43. The van der Waals surface area contributed by atoms with Crippen LogP contribution in [0.4, 0.5) is 4.39 Å². The van der Waals surface area contributed by atoms with Crippen LogP contribution < -0.4 is 10.1 Å². The van der Waals surface area contributed by atoms with Gasteiger partial charge in [-0.3, -0.25) is 4.90 Å². The molecule has 1 aliphatic carbocycles.